The number of ether oxygens (including phenoxy) is 2. The van der Waals surface area contributed by atoms with Crippen LogP contribution in [0.1, 0.15) is 38.3 Å². The highest BCUT2D eigenvalue weighted by atomic mass is 32.2. The number of hydrogen-bond donors (Lipinski definition) is 0. The van der Waals surface area contributed by atoms with Crippen molar-refractivity contribution in [1.29, 1.82) is 0 Å². The summed E-state index contributed by atoms with van der Waals surface area (Å²) in [6.45, 7) is 7.07. The van der Waals surface area contributed by atoms with Crippen molar-refractivity contribution in [3.8, 4) is 11.5 Å². The van der Waals surface area contributed by atoms with Crippen molar-refractivity contribution in [2.75, 3.05) is 20.0 Å². The molecule has 1 atom stereocenters. The van der Waals surface area contributed by atoms with Crippen LogP contribution >= 0.6 is 11.8 Å². The number of methoxy groups -OCH3 is 2. The van der Waals surface area contributed by atoms with Crippen molar-refractivity contribution in [3.63, 3.8) is 0 Å². The first kappa shape index (κ1) is 15.6. The SMILES string of the molecule is COc1cc2c(cc1OC)CC(C)SCC(C)(C)CC2. The van der Waals surface area contributed by atoms with Crippen molar-refractivity contribution >= 4 is 11.8 Å². The summed E-state index contributed by atoms with van der Waals surface area (Å²) < 4.78 is 10.9. The van der Waals surface area contributed by atoms with Gasteiger partial charge in [-0.05, 0) is 53.7 Å². The maximum atomic E-state index is 5.45. The predicted octanol–water partition coefficient (Wildman–Crippen LogP) is 4.34. The van der Waals surface area contributed by atoms with Crippen LogP contribution in [-0.4, -0.2) is 25.2 Å². The van der Waals surface area contributed by atoms with Gasteiger partial charge in [0.05, 0.1) is 14.2 Å². The molecule has 0 bridgehead atoms. The van der Waals surface area contributed by atoms with Crippen molar-refractivity contribution in [3.05, 3.63) is 23.3 Å². The lowest BCUT2D eigenvalue weighted by atomic mass is 9.87. The van der Waals surface area contributed by atoms with E-state index in [2.05, 4.69) is 44.7 Å². The molecule has 2 nitrogen and oxygen atoms in total. The molecule has 1 heterocycles. The Morgan fingerprint density at radius 3 is 2.30 bits per heavy atom. The molecule has 1 aromatic rings. The third kappa shape index (κ3) is 3.63. The van der Waals surface area contributed by atoms with Gasteiger partial charge in [0.25, 0.3) is 0 Å². The second-order valence-electron chi connectivity index (χ2n) is 6.47. The minimum absolute atomic E-state index is 0.397. The Hall–Kier alpha value is -0.830. The Balaban J connectivity index is 2.39. The van der Waals surface area contributed by atoms with Gasteiger partial charge in [-0.25, -0.2) is 0 Å². The molecule has 0 aromatic heterocycles. The van der Waals surface area contributed by atoms with E-state index >= 15 is 0 Å². The second kappa shape index (κ2) is 6.30. The highest BCUT2D eigenvalue weighted by Crippen LogP contribution is 2.37. The van der Waals surface area contributed by atoms with Crippen LogP contribution in [0.2, 0.25) is 0 Å². The zero-order valence-electron chi connectivity index (χ0n) is 13.3. The first-order chi connectivity index (χ1) is 9.45. The summed E-state index contributed by atoms with van der Waals surface area (Å²) in [6, 6.07) is 4.34. The molecule has 2 rings (SSSR count). The number of rotatable bonds is 2. The average molecular weight is 294 g/mol. The molecule has 1 unspecified atom stereocenters. The lowest BCUT2D eigenvalue weighted by molar-refractivity contribution is 0.353. The standard InChI is InChI=1S/C17H26O2S/c1-12-8-14-10-16(19-5)15(18-4)9-13(14)6-7-17(2,3)11-20-12/h9-10,12H,6-8,11H2,1-5H3. The summed E-state index contributed by atoms with van der Waals surface area (Å²) in [5, 5.41) is 0.643. The molecule has 0 aliphatic carbocycles. The monoisotopic (exact) mass is 294 g/mol. The maximum absolute atomic E-state index is 5.45. The Morgan fingerprint density at radius 1 is 1.10 bits per heavy atom. The van der Waals surface area contributed by atoms with Crippen molar-refractivity contribution in [1.82, 2.24) is 0 Å². The van der Waals surface area contributed by atoms with E-state index in [0.717, 1.165) is 24.3 Å². The first-order valence-electron chi connectivity index (χ1n) is 7.30. The molecule has 0 radical (unpaired) electrons. The molecule has 112 valence electrons. The van der Waals surface area contributed by atoms with Gasteiger partial charge in [0.15, 0.2) is 11.5 Å². The van der Waals surface area contributed by atoms with Gasteiger partial charge in [-0.1, -0.05) is 20.8 Å². The third-order valence-electron chi connectivity index (χ3n) is 4.04. The normalized spacial score (nSPS) is 22.1. The molecular weight excluding hydrogens is 268 g/mol. The van der Waals surface area contributed by atoms with E-state index in [-0.39, 0.29) is 0 Å². The predicted molar refractivity (Wildman–Crippen MR) is 87.3 cm³/mol. The largest absolute Gasteiger partial charge is 0.493 e. The third-order valence-corrected chi connectivity index (χ3v) is 5.73. The van der Waals surface area contributed by atoms with Gasteiger partial charge in [0.2, 0.25) is 0 Å². The molecule has 0 spiro atoms. The lowest BCUT2D eigenvalue weighted by Gasteiger charge is -2.24. The van der Waals surface area contributed by atoms with Crippen LogP contribution in [0.15, 0.2) is 12.1 Å². The molecule has 1 aliphatic rings. The number of benzene rings is 1. The van der Waals surface area contributed by atoms with Crippen LogP contribution in [0.5, 0.6) is 11.5 Å². The fourth-order valence-electron chi connectivity index (χ4n) is 2.67. The molecule has 20 heavy (non-hydrogen) atoms. The van der Waals surface area contributed by atoms with E-state index in [0.29, 0.717) is 10.7 Å². The molecule has 0 N–H and O–H groups in total. The molecule has 0 fully saturated rings. The summed E-state index contributed by atoms with van der Waals surface area (Å²) in [4.78, 5) is 0. The van der Waals surface area contributed by atoms with Crippen molar-refractivity contribution in [2.24, 2.45) is 5.41 Å². The van der Waals surface area contributed by atoms with Crippen LogP contribution in [0, 0.1) is 5.41 Å². The summed E-state index contributed by atoms with van der Waals surface area (Å²) in [6.07, 6.45) is 3.45. The zero-order chi connectivity index (χ0) is 14.8. The molecule has 0 saturated carbocycles. The summed E-state index contributed by atoms with van der Waals surface area (Å²) in [5.41, 5.74) is 3.23. The maximum Gasteiger partial charge on any atom is 0.161 e. The van der Waals surface area contributed by atoms with Crippen LogP contribution in [0.4, 0.5) is 0 Å². The average Bonchev–Trinajstić information content (AvgIpc) is 2.47. The minimum atomic E-state index is 0.397. The quantitative estimate of drug-likeness (QED) is 0.808. The number of thioether (sulfide) groups is 1. The lowest BCUT2D eigenvalue weighted by Crippen LogP contribution is -2.16. The first-order valence-corrected chi connectivity index (χ1v) is 8.35. The molecule has 1 aromatic carbocycles. The number of hydrogen-bond acceptors (Lipinski definition) is 3. The molecule has 1 aliphatic heterocycles. The second-order valence-corrected chi connectivity index (χ2v) is 7.89. The molecule has 0 amide bonds. The van der Waals surface area contributed by atoms with E-state index in [1.807, 2.05) is 0 Å². The molecule has 0 saturated heterocycles. The van der Waals surface area contributed by atoms with Gasteiger partial charge in [0.1, 0.15) is 0 Å². The van der Waals surface area contributed by atoms with Crippen LogP contribution in [-0.2, 0) is 12.8 Å². The van der Waals surface area contributed by atoms with Gasteiger partial charge < -0.3 is 9.47 Å². The van der Waals surface area contributed by atoms with E-state index in [1.54, 1.807) is 14.2 Å². The Kier molecular flexibility index (Phi) is 4.90. The fourth-order valence-corrected chi connectivity index (χ4v) is 3.85. The van der Waals surface area contributed by atoms with Gasteiger partial charge in [-0.2, -0.15) is 11.8 Å². The van der Waals surface area contributed by atoms with E-state index in [9.17, 15) is 0 Å². The van der Waals surface area contributed by atoms with Gasteiger partial charge >= 0.3 is 0 Å². The van der Waals surface area contributed by atoms with Gasteiger partial charge in [-0.15, -0.1) is 0 Å². The van der Waals surface area contributed by atoms with Crippen LogP contribution in [0.25, 0.3) is 0 Å². The Morgan fingerprint density at radius 2 is 1.70 bits per heavy atom. The van der Waals surface area contributed by atoms with Crippen molar-refractivity contribution < 1.29 is 9.47 Å². The van der Waals surface area contributed by atoms with Crippen LogP contribution in [0.3, 0.4) is 0 Å². The van der Waals surface area contributed by atoms with E-state index in [4.69, 9.17) is 9.47 Å². The zero-order valence-corrected chi connectivity index (χ0v) is 14.1. The van der Waals surface area contributed by atoms with Crippen LogP contribution < -0.4 is 9.47 Å². The van der Waals surface area contributed by atoms with Crippen molar-refractivity contribution in [2.45, 2.75) is 45.3 Å². The summed E-state index contributed by atoms with van der Waals surface area (Å²) in [5.74, 6) is 2.93. The van der Waals surface area contributed by atoms with E-state index < -0.39 is 0 Å². The highest BCUT2D eigenvalue weighted by molar-refractivity contribution is 7.99. The van der Waals surface area contributed by atoms with Gasteiger partial charge in [-0.3, -0.25) is 0 Å². The molecular formula is C17H26O2S. The fraction of sp³-hybridized carbons (Fsp3) is 0.647. The smallest absolute Gasteiger partial charge is 0.161 e. The minimum Gasteiger partial charge on any atom is -0.493 e. The number of fused-ring (bicyclic) bond motifs is 1. The summed E-state index contributed by atoms with van der Waals surface area (Å²) in [7, 11) is 3.42. The number of aryl methyl sites for hydroxylation is 1. The summed E-state index contributed by atoms with van der Waals surface area (Å²) >= 11 is 2.09. The Labute approximate surface area is 127 Å². The van der Waals surface area contributed by atoms with Gasteiger partial charge in [0, 0.05) is 5.25 Å². The van der Waals surface area contributed by atoms with E-state index in [1.165, 1.54) is 23.3 Å². The highest BCUT2D eigenvalue weighted by Gasteiger charge is 2.23. The molecule has 3 heteroatoms. The topological polar surface area (TPSA) is 18.5 Å². The Bertz CT molecular complexity index is 468.